The van der Waals surface area contributed by atoms with E-state index in [1.807, 2.05) is 29.2 Å². The third kappa shape index (κ3) is 3.26. The van der Waals surface area contributed by atoms with Gasteiger partial charge in [0.15, 0.2) is 0 Å². The van der Waals surface area contributed by atoms with E-state index in [1.165, 1.54) is 11.1 Å². The Kier molecular flexibility index (Phi) is 5.51. The van der Waals surface area contributed by atoms with Crippen molar-refractivity contribution < 1.29 is 9.53 Å². The third-order valence-electron chi connectivity index (χ3n) is 6.76. The Bertz CT molecular complexity index is 1080. The Labute approximate surface area is 183 Å². The lowest BCUT2D eigenvalue weighted by atomic mass is 9.88. The number of fused-ring (bicyclic) bond motifs is 2. The van der Waals surface area contributed by atoms with Crippen molar-refractivity contribution in [2.75, 3.05) is 33.8 Å². The maximum Gasteiger partial charge on any atom is 0.270 e. The van der Waals surface area contributed by atoms with Crippen LogP contribution in [0.4, 0.5) is 0 Å². The third-order valence-corrected chi connectivity index (χ3v) is 6.76. The highest BCUT2D eigenvalue weighted by molar-refractivity contribution is 5.99. The Morgan fingerprint density at radius 2 is 1.90 bits per heavy atom. The molecule has 5 rings (SSSR count). The van der Waals surface area contributed by atoms with Crippen LogP contribution in [0.3, 0.4) is 0 Å². The van der Waals surface area contributed by atoms with Gasteiger partial charge in [0.05, 0.1) is 7.11 Å². The first-order valence-corrected chi connectivity index (χ1v) is 10.3. The molecule has 6 heteroatoms. The molecule has 1 aromatic heterocycles. The van der Waals surface area contributed by atoms with Gasteiger partial charge in [-0.3, -0.25) is 9.69 Å². The molecule has 30 heavy (non-hydrogen) atoms. The number of nitrogens with one attached hydrogen (secondary N) is 1. The number of halogens is 1. The summed E-state index contributed by atoms with van der Waals surface area (Å²) in [5, 5.41) is 0.954. The second-order valence-corrected chi connectivity index (χ2v) is 8.48. The van der Waals surface area contributed by atoms with Crippen LogP contribution in [-0.2, 0) is 0 Å². The number of nitrogens with zero attached hydrogens (tertiary/aromatic N) is 2. The van der Waals surface area contributed by atoms with Gasteiger partial charge in [-0.15, -0.1) is 12.4 Å². The largest absolute Gasteiger partial charge is 0.496 e. The van der Waals surface area contributed by atoms with Crippen LogP contribution in [0.15, 0.2) is 48.5 Å². The fraction of sp³-hybridized carbons (Fsp3) is 0.375. The van der Waals surface area contributed by atoms with Gasteiger partial charge in [0.1, 0.15) is 11.4 Å². The van der Waals surface area contributed by atoms with Crippen molar-refractivity contribution in [1.82, 2.24) is 14.8 Å². The number of hydrogen-bond acceptors (Lipinski definition) is 3. The minimum Gasteiger partial charge on any atom is -0.496 e. The topological polar surface area (TPSA) is 48.6 Å². The molecule has 2 aromatic carbocycles. The number of hydrogen-bond donors (Lipinski definition) is 1. The minimum atomic E-state index is 0. The molecule has 0 spiro atoms. The zero-order valence-electron chi connectivity index (χ0n) is 17.6. The van der Waals surface area contributed by atoms with E-state index in [-0.39, 0.29) is 18.3 Å². The molecule has 3 atom stereocenters. The first-order valence-electron chi connectivity index (χ1n) is 10.3. The van der Waals surface area contributed by atoms with Crippen LogP contribution in [0, 0.1) is 18.8 Å². The van der Waals surface area contributed by atoms with Gasteiger partial charge in [0.25, 0.3) is 5.91 Å². The number of likely N-dealkylation sites (tertiary alicyclic amines) is 2. The first-order chi connectivity index (χ1) is 14.1. The number of carbonyl (C=O) groups is 1. The molecule has 0 aliphatic carbocycles. The first kappa shape index (κ1) is 20.8. The van der Waals surface area contributed by atoms with Crippen molar-refractivity contribution in [1.29, 1.82) is 0 Å². The molecule has 2 aliphatic rings. The highest BCUT2D eigenvalue weighted by Crippen LogP contribution is 2.45. The van der Waals surface area contributed by atoms with Gasteiger partial charge in [-0.25, -0.2) is 0 Å². The number of aromatic amines is 1. The molecule has 3 heterocycles. The molecule has 0 radical (unpaired) electrons. The van der Waals surface area contributed by atoms with E-state index in [1.54, 1.807) is 7.11 Å². The summed E-state index contributed by atoms with van der Waals surface area (Å²) >= 11 is 0. The Morgan fingerprint density at radius 3 is 2.67 bits per heavy atom. The molecule has 0 bridgehead atoms. The van der Waals surface area contributed by atoms with Crippen LogP contribution in [0.5, 0.6) is 5.75 Å². The number of rotatable bonds is 3. The summed E-state index contributed by atoms with van der Waals surface area (Å²) in [6.45, 7) is 4.85. The number of aryl methyl sites for hydroxylation is 1. The molecular weight excluding hydrogens is 398 g/mol. The van der Waals surface area contributed by atoms with Crippen molar-refractivity contribution >= 4 is 29.2 Å². The van der Waals surface area contributed by atoms with E-state index < -0.39 is 0 Å². The van der Waals surface area contributed by atoms with Gasteiger partial charge in [-0.05, 0) is 49.2 Å². The smallest absolute Gasteiger partial charge is 0.270 e. The van der Waals surface area contributed by atoms with Crippen molar-refractivity contribution in [2.45, 2.75) is 13.0 Å². The molecule has 158 valence electrons. The lowest BCUT2D eigenvalue weighted by Crippen LogP contribution is -2.33. The zero-order valence-corrected chi connectivity index (χ0v) is 18.4. The summed E-state index contributed by atoms with van der Waals surface area (Å²) in [6, 6.07) is 16.8. The van der Waals surface area contributed by atoms with Crippen molar-refractivity contribution in [3.05, 3.63) is 65.4 Å². The van der Waals surface area contributed by atoms with Gasteiger partial charge >= 0.3 is 0 Å². The van der Waals surface area contributed by atoms with Crippen LogP contribution >= 0.6 is 12.4 Å². The standard InChI is InChI=1S/C24H27N3O2.ClH/c1-15-7-4-5-8-17(15)23-19-14-27(13-16(19)12-26(23)2)24(28)21-11-18-20(25-21)9-6-10-22(18)29-3;/h4-11,16,19,23,25H,12-14H2,1-3H3;1H/t16-,19+,23+;/m0./s1. The van der Waals surface area contributed by atoms with Gasteiger partial charge in [-0.1, -0.05) is 30.3 Å². The quantitative estimate of drug-likeness (QED) is 0.681. The number of ether oxygens (including phenoxy) is 1. The second kappa shape index (κ2) is 7.97. The predicted molar refractivity (Wildman–Crippen MR) is 122 cm³/mol. The lowest BCUT2D eigenvalue weighted by molar-refractivity contribution is 0.0763. The summed E-state index contributed by atoms with van der Waals surface area (Å²) in [5.74, 6) is 1.87. The van der Waals surface area contributed by atoms with Crippen molar-refractivity contribution in [3.63, 3.8) is 0 Å². The fourth-order valence-corrected chi connectivity index (χ4v) is 5.40. The Balaban J connectivity index is 0.00000218. The maximum absolute atomic E-state index is 13.3. The number of amides is 1. The fourth-order valence-electron chi connectivity index (χ4n) is 5.40. The average Bonchev–Trinajstić information content (AvgIpc) is 3.40. The van der Waals surface area contributed by atoms with Crippen LogP contribution in [0.25, 0.3) is 10.9 Å². The Hall–Kier alpha value is -2.50. The average molecular weight is 426 g/mol. The molecule has 5 nitrogen and oxygen atoms in total. The van der Waals surface area contributed by atoms with Crippen LogP contribution in [0.1, 0.15) is 27.7 Å². The zero-order chi connectivity index (χ0) is 20.1. The highest BCUT2D eigenvalue weighted by atomic mass is 35.5. The Morgan fingerprint density at radius 1 is 1.10 bits per heavy atom. The van der Waals surface area contributed by atoms with E-state index in [0.29, 0.717) is 23.6 Å². The van der Waals surface area contributed by atoms with Crippen molar-refractivity contribution in [3.8, 4) is 5.75 Å². The van der Waals surface area contributed by atoms with E-state index >= 15 is 0 Å². The summed E-state index contributed by atoms with van der Waals surface area (Å²) < 4.78 is 5.44. The maximum atomic E-state index is 13.3. The van der Waals surface area contributed by atoms with Crippen LogP contribution < -0.4 is 4.74 Å². The van der Waals surface area contributed by atoms with Gasteiger partial charge in [0, 0.05) is 42.5 Å². The molecule has 2 fully saturated rings. The number of carbonyl (C=O) groups excluding carboxylic acids is 1. The molecule has 1 amide bonds. The lowest BCUT2D eigenvalue weighted by Gasteiger charge is -2.28. The van der Waals surface area contributed by atoms with E-state index in [9.17, 15) is 4.79 Å². The summed E-state index contributed by atoms with van der Waals surface area (Å²) in [5.41, 5.74) is 4.31. The molecule has 0 unspecified atom stereocenters. The number of aromatic nitrogens is 1. The number of methoxy groups -OCH3 is 1. The van der Waals surface area contributed by atoms with Gasteiger partial charge < -0.3 is 14.6 Å². The van der Waals surface area contributed by atoms with Gasteiger partial charge in [-0.2, -0.15) is 0 Å². The van der Waals surface area contributed by atoms with E-state index in [0.717, 1.165) is 36.3 Å². The molecule has 2 aliphatic heterocycles. The summed E-state index contributed by atoms with van der Waals surface area (Å²) in [6.07, 6.45) is 0. The molecule has 0 saturated carbocycles. The summed E-state index contributed by atoms with van der Waals surface area (Å²) in [7, 11) is 3.87. The molecule has 2 saturated heterocycles. The molecule has 1 N–H and O–H groups in total. The highest BCUT2D eigenvalue weighted by Gasteiger charge is 2.47. The number of H-pyrrole nitrogens is 1. The normalized spacial score (nSPS) is 23.4. The predicted octanol–water partition coefficient (Wildman–Crippen LogP) is 4.28. The van der Waals surface area contributed by atoms with E-state index in [2.05, 4.69) is 48.1 Å². The minimum absolute atomic E-state index is 0. The van der Waals surface area contributed by atoms with Gasteiger partial charge in [0.2, 0.25) is 0 Å². The van der Waals surface area contributed by atoms with Crippen molar-refractivity contribution in [2.24, 2.45) is 11.8 Å². The SMILES string of the molecule is COc1cccc2[nH]c(C(=O)N3C[C@@H]4CN(C)[C@H](c5ccccc5C)[C@@H]4C3)cc12.Cl. The second-order valence-electron chi connectivity index (χ2n) is 8.48. The summed E-state index contributed by atoms with van der Waals surface area (Å²) in [4.78, 5) is 21.1. The molecule has 3 aromatic rings. The van der Waals surface area contributed by atoms with E-state index in [4.69, 9.17) is 4.74 Å². The van der Waals surface area contributed by atoms with Crippen LogP contribution in [-0.4, -0.2) is 54.5 Å². The van der Waals surface area contributed by atoms with Crippen LogP contribution in [0.2, 0.25) is 0 Å². The molecular formula is C24H28ClN3O2. The monoisotopic (exact) mass is 425 g/mol. The number of benzene rings is 2.